The van der Waals surface area contributed by atoms with Gasteiger partial charge in [-0.3, -0.25) is 9.58 Å². The molecule has 2 rings (SSSR count). The van der Waals surface area contributed by atoms with Crippen LogP contribution in [0.4, 0.5) is 0 Å². The summed E-state index contributed by atoms with van der Waals surface area (Å²) < 4.78 is 6.77. The molecular formula is C10H15N3O3. The van der Waals surface area contributed by atoms with E-state index in [2.05, 4.69) is 10.00 Å². The average Bonchev–Trinajstić information content (AvgIpc) is 2.76. The molecule has 1 aliphatic heterocycles. The molecule has 0 saturated carbocycles. The van der Waals surface area contributed by atoms with Gasteiger partial charge < -0.3 is 9.84 Å². The zero-order valence-electron chi connectivity index (χ0n) is 9.00. The minimum atomic E-state index is -0.931. The van der Waals surface area contributed by atoms with Crippen molar-refractivity contribution in [3.8, 4) is 0 Å². The van der Waals surface area contributed by atoms with Crippen molar-refractivity contribution >= 4 is 5.97 Å². The van der Waals surface area contributed by atoms with Crippen LogP contribution >= 0.6 is 0 Å². The average molecular weight is 225 g/mol. The quantitative estimate of drug-likeness (QED) is 0.776. The van der Waals surface area contributed by atoms with Crippen molar-refractivity contribution in [3.05, 3.63) is 18.0 Å². The number of morpholine rings is 1. The number of nitrogens with zero attached hydrogens (tertiary/aromatic N) is 3. The Bertz CT molecular complexity index is 358. The molecule has 6 heteroatoms. The number of rotatable bonds is 4. The summed E-state index contributed by atoms with van der Waals surface area (Å²) in [6, 6.07) is 1.52. The summed E-state index contributed by atoms with van der Waals surface area (Å²) in [5.41, 5.74) is 0.244. The summed E-state index contributed by atoms with van der Waals surface area (Å²) in [4.78, 5) is 13.1. The van der Waals surface area contributed by atoms with Gasteiger partial charge in [-0.2, -0.15) is 5.10 Å². The van der Waals surface area contributed by atoms with Gasteiger partial charge in [0.05, 0.1) is 19.8 Å². The van der Waals surface area contributed by atoms with Crippen molar-refractivity contribution in [2.24, 2.45) is 0 Å². The van der Waals surface area contributed by atoms with Crippen LogP contribution in [0.15, 0.2) is 12.3 Å². The van der Waals surface area contributed by atoms with Crippen molar-refractivity contribution in [2.45, 2.75) is 6.54 Å². The number of ether oxygens (including phenoxy) is 1. The number of carboxylic acid groups (broad SMARTS) is 1. The van der Waals surface area contributed by atoms with Crippen molar-refractivity contribution in [2.75, 3.05) is 32.8 Å². The van der Waals surface area contributed by atoms with Gasteiger partial charge in [-0.15, -0.1) is 0 Å². The van der Waals surface area contributed by atoms with E-state index in [1.54, 1.807) is 0 Å². The van der Waals surface area contributed by atoms with E-state index in [-0.39, 0.29) is 5.69 Å². The molecular weight excluding hydrogens is 210 g/mol. The van der Waals surface area contributed by atoms with Crippen LogP contribution in [0.25, 0.3) is 0 Å². The predicted molar refractivity (Wildman–Crippen MR) is 56.4 cm³/mol. The molecule has 0 spiro atoms. The van der Waals surface area contributed by atoms with Crippen molar-refractivity contribution in [1.82, 2.24) is 14.7 Å². The van der Waals surface area contributed by atoms with Crippen LogP contribution in [0, 0.1) is 0 Å². The molecule has 16 heavy (non-hydrogen) atoms. The standard InChI is InChI=1S/C10H15N3O3/c14-10(15)9-1-2-11-13(9)4-3-12-5-7-16-8-6-12/h1-2H,3-8H2,(H,14,15). The predicted octanol–water partition coefficient (Wildman–Crippen LogP) is -0.0865. The van der Waals surface area contributed by atoms with Crippen molar-refractivity contribution < 1.29 is 14.6 Å². The Morgan fingerprint density at radius 3 is 2.88 bits per heavy atom. The number of carbonyl (C=O) groups is 1. The highest BCUT2D eigenvalue weighted by atomic mass is 16.5. The smallest absolute Gasteiger partial charge is 0.354 e. The first-order valence-corrected chi connectivity index (χ1v) is 5.32. The Balaban J connectivity index is 1.88. The summed E-state index contributed by atoms with van der Waals surface area (Å²) in [6.07, 6.45) is 1.52. The maximum atomic E-state index is 10.8. The third kappa shape index (κ3) is 2.59. The molecule has 0 aliphatic carbocycles. The Morgan fingerprint density at radius 1 is 1.44 bits per heavy atom. The maximum Gasteiger partial charge on any atom is 0.354 e. The Morgan fingerprint density at radius 2 is 2.19 bits per heavy atom. The Kier molecular flexibility index (Phi) is 3.53. The third-order valence-electron chi connectivity index (χ3n) is 2.67. The molecule has 1 fully saturated rings. The largest absolute Gasteiger partial charge is 0.477 e. The first-order valence-electron chi connectivity index (χ1n) is 5.32. The van der Waals surface area contributed by atoms with Crippen LogP contribution < -0.4 is 0 Å². The third-order valence-corrected chi connectivity index (χ3v) is 2.67. The highest BCUT2D eigenvalue weighted by Crippen LogP contribution is 2.01. The molecule has 88 valence electrons. The number of hydrogen-bond donors (Lipinski definition) is 1. The molecule has 1 N–H and O–H groups in total. The second-order valence-corrected chi connectivity index (χ2v) is 3.70. The second kappa shape index (κ2) is 5.09. The van der Waals surface area contributed by atoms with Crippen LogP contribution in [-0.2, 0) is 11.3 Å². The van der Waals surface area contributed by atoms with Gasteiger partial charge in [-0.25, -0.2) is 4.79 Å². The van der Waals surface area contributed by atoms with E-state index in [0.717, 1.165) is 32.8 Å². The van der Waals surface area contributed by atoms with Gasteiger partial charge >= 0.3 is 5.97 Å². The highest BCUT2D eigenvalue weighted by Gasteiger charge is 2.13. The molecule has 0 radical (unpaired) electrons. The van der Waals surface area contributed by atoms with Crippen LogP contribution in [0.3, 0.4) is 0 Å². The van der Waals surface area contributed by atoms with E-state index >= 15 is 0 Å². The molecule has 1 aliphatic rings. The topological polar surface area (TPSA) is 67.6 Å². The lowest BCUT2D eigenvalue weighted by molar-refractivity contribution is 0.0356. The van der Waals surface area contributed by atoms with Gasteiger partial charge in [0.25, 0.3) is 0 Å². The molecule has 0 aromatic carbocycles. The molecule has 0 amide bonds. The minimum Gasteiger partial charge on any atom is -0.477 e. The van der Waals surface area contributed by atoms with Gasteiger partial charge in [0, 0.05) is 25.8 Å². The Hall–Kier alpha value is -1.40. The van der Waals surface area contributed by atoms with Crippen LogP contribution in [0.2, 0.25) is 0 Å². The van der Waals surface area contributed by atoms with Crippen LogP contribution in [-0.4, -0.2) is 58.6 Å². The van der Waals surface area contributed by atoms with Crippen LogP contribution in [0.5, 0.6) is 0 Å². The van der Waals surface area contributed by atoms with Crippen molar-refractivity contribution in [1.29, 1.82) is 0 Å². The van der Waals surface area contributed by atoms with Crippen LogP contribution in [0.1, 0.15) is 10.5 Å². The lowest BCUT2D eigenvalue weighted by Gasteiger charge is -2.26. The fourth-order valence-corrected chi connectivity index (χ4v) is 1.75. The van der Waals surface area contributed by atoms with Gasteiger partial charge in [-0.1, -0.05) is 0 Å². The first-order chi connectivity index (χ1) is 7.77. The number of hydrogen-bond acceptors (Lipinski definition) is 4. The number of carboxylic acids is 1. The monoisotopic (exact) mass is 225 g/mol. The maximum absolute atomic E-state index is 10.8. The lowest BCUT2D eigenvalue weighted by Crippen LogP contribution is -2.38. The SMILES string of the molecule is O=C(O)c1ccnn1CCN1CCOCC1. The molecule has 1 aromatic rings. The highest BCUT2D eigenvalue weighted by molar-refractivity contribution is 5.85. The zero-order chi connectivity index (χ0) is 11.4. The molecule has 0 unspecified atom stereocenters. The number of aromatic nitrogens is 2. The lowest BCUT2D eigenvalue weighted by atomic mass is 10.4. The van der Waals surface area contributed by atoms with Gasteiger partial charge in [-0.05, 0) is 6.07 Å². The van der Waals surface area contributed by atoms with E-state index in [9.17, 15) is 4.79 Å². The molecule has 1 saturated heterocycles. The summed E-state index contributed by atoms with van der Waals surface area (Å²) in [6.45, 7) is 4.74. The van der Waals surface area contributed by atoms with E-state index in [1.807, 2.05) is 0 Å². The fourth-order valence-electron chi connectivity index (χ4n) is 1.75. The van der Waals surface area contributed by atoms with E-state index in [4.69, 9.17) is 9.84 Å². The van der Waals surface area contributed by atoms with Gasteiger partial charge in [0.2, 0.25) is 0 Å². The Labute approximate surface area is 93.4 Å². The first kappa shape index (κ1) is 11.1. The number of aromatic carboxylic acids is 1. The molecule has 6 nitrogen and oxygen atoms in total. The van der Waals surface area contributed by atoms with Crippen molar-refractivity contribution in [3.63, 3.8) is 0 Å². The summed E-state index contributed by atoms with van der Waals surface area (Å²) in [5, 5.41) is 12.9. The minimum absolute atomic E-state index is 0.244. The molecule has 0 atom stereocenters. The molecule has 1 aromatic heterocycles. The summed E-state index contributed by atoms with van der Waals surface area (Å²) in [7, 11) is 0. The van der Waals surface area contributed by atoms with E-state index < -0.39 is 5.97 Å². The van der Waals surface area contributed by atoms with E-state index in [1.165, 1.54) is 16.9 Å². The zero-order valence-corrected chi connectivity index (χ0v) is 9.00. The summed E-state index contributed by atoms with van der Waals surface area (Å²) >= 11 is 0. The molecule has 0 bridgehead atoms. The van der Waals surface area contributed by atoms with Gasteiger partial charge in [0.1, 0.15) is 5.69 Å². The summed E-state index contributed by atoms with van der Waals surface area (Å²) in [5.74, 6) is -0.931. The normalized spacial score (nSPS) is 17.5. The van der Waals surface area contributed by atoms with E-state index in [0.29, 0.717) is 6.54 Å². The fraction of sp³-hybridized carbons (Fsp3) is 0.600. The van der Waals surface area contributed by atoms with Gasteiger partial charge in [0.15, 0.2) is 0 Å². The second-order valence-electron chi connectivity index (χ2n) is 3.70. The molecule has 2 heterocycles.